The van der Waals surface area contributed by atoms with Crippen molar-refractivity contribution in [3.8, 4) is 0 Å². The third-order valence-electron chi connectivity index (χ3n) is 2.07. The number of sulfone groups is 1. The lowest BCUT2D eigenvalue weighted by atomic mass is 10.4. The smallest absolute Gasteiger partial charge is 0.227 e. The predicted molar refractivity (Wildman–Crippen MR) is 56.1 cm³/mol. The van der Waals surface area contributed by atoms with Crippen molar-refractivity contribution < 1.29 is 12.8 Å². The maximum Gasteiger partial charge on any atom is 0.232 e. The molecule has 5 heteroatoms. The molecule has 1 aromatic heterocycles. The normalized spacial score (nSPS) is 11.3. The Bertz CT molecular complexity index is 596. The lowest BCUT2D eigenvalue weighted by molar-refractivity contribution is 0.538. The zero-order valence-electron chi connectivity index (χ0n) is 8.17. The Morgan fingerprint density at radius 1 is 1.00 bits per heavy atom. The summed E-state index contributed by atoms with van der Waals surface area (Å²) in [5.41, 5.74) is 0. The number of pyridine rings is 1. The lowest BCUT2D eigenvalue weighted by Crippen LogP contribution is -2.05. The molecule has 0 fully saturated rings. The van der Waals surface area contributed by atoms with Crippen LogP contribution >= 0.6 is 0 Å². The van der Waals surface area contributed by atoms with Gasteiger partial charge in [-0.05, 0) is 24.3 Å². The molecular weight excluding hydrogens is 229 g/mol. The summed E-state index contributed by atoms with van der Waals surface area (Å²) in [6.07, 6.45) is 1.21. The molecule has 0 atom stereocenters. The average molecular weight is 237 g/mol. The van der Waals surface area contributed by atoms with E-state index in [1.54, 1.807) is 18.2 Å². The van der Waals surface area contributed by atoms with E-state index in [1.165, 1.54) is 30.5 Å². The van der Waals surface area contributed by atoms with Crippen LogP contribution in [0.4, 0.5) is 4.39 Å². The number of nitrogens with zero attached hydrogens (tertiary/aromatic N) is 1. The Labute approximate surface area is 92.5 Å². The summed E-state index contributed by atoms with van der Waals surface area (Å²) in [6.45, 7) is 0. The van der Waals surface area contributed by atoms with Crippen molar-refractivity contribution in [2.75, 3.05) is 0 Å². The van der Waals surface area contributed by atoms with Crippen LogP contribution in [0.5, 0.6) is 0 Å². The molecule has 0 saturated heterocycles. The third kappa shape index (κ3) is 1.81. The molecule has 0 saturated carbocycles. The van der Waals surface area contributed by atoms with Crippen LogP contribution in [-0.2, 0) is 9.84 Å². The molecule has 2 aromatic rings. The molecule has 16 heavy (non-hydrogen) atoms. The van der Waals surface area contributed by atoms with Gasteiger partial charge in [-0.15, -0.1) is 0 Å². The minimum atomic E-state index is -3.81. The van der Waals surface area contributed by atoms with Gasteiger partial charge >= 0.3 is 0 Å². The summed E-state index contributed by atoms with van der Waals surface area (Å²) < 4.78 is 37.2. The molecule has 0 spiro atoms. The van der Waals surface area contributed by atoms with Crippen LogP contribution in [0.1, 0.15) is 0 Å². The molecule has 0 N–H and O–H groups in total. The monoisotopic (exact) mass is 237 g/mol. The molecule has 2 rings (SSSR count). The largest absolute Gasteiger partial charge is 0.232 e. The van der Waals surface area contributed by atoms with Crippen molar-refractivity contribution in [2.45, 2.75) is 9.79 Å². The van der Waals surface area contributed by atoms with Crippen molar-refractivity contribution in [3.05, 3.63) is 54.6 Å². The molecule has 0 amide bonds. The Morgan fingerprint density at radius 3 is 2.31 bits per heavy atom. The van der Waals surface area contributed by atoms with Crippen molar-refractivity contribution in [3.63, 3.8) is 0 Å². The zero-order valence-corrected chi connectivity index (χ0v) is 8.99. The number of hydrogen-bond acceptors (Lipinski definition) is 3. The topological polar surface area (TPSA) is 47.0 Å². The molecule has 0 aliphatic carbocycles. The van der Waals surface area contributed by atoms with Gasteiger partial charge in [0.25, 0.3) is 0 Å². The number of rotatable bonds is 2. The molecule has 0 radical (unpaired) electrons. The van der Waals surface area contributed by atoms with Gasteiger partial charge in [0.15, 0.2) is 0 Å². The van der Waals surface area contributed by atoms with Crippen LogP contribution in [0.15, 0.2) is 58.5 Å². The molecule has 0 aliphatic heterocycles. The van der Waals surface area contributed by atoms with Gasteiger partial charge in [-0.3, -0.25) is 0 Å². The van der Waals surface area contributed by atoms with Crippen LogP contribution in [0.2, 0.25) is 0 Å². The lowest BCUT2D eigenvalue weighted by Gasteiger charge is -2.04. The van der Waals surface area contributed by atoms with Gasteiger partial charge in [0.2, 0.25) is 15.8 Å². The molecule has 1 heterocycles. The van der Waals surface area contributed by atoms with Crippen LogP contribution < -0.4 is 0 Å². The highest BCUT2D eigenvalue weighted by Gasteiger charge is 2.21. The Balaban J connectivity index is 2.62. The maximum atomic E-state index is 13.3. The van der Waals surface area contributed by atoms with E-state index in [2.05, 4.69) is 4.98 Å². The summed E-state index contributed by atoms with van der Waals surface area (Å²) in [5.74, 6) is -0.980. The van der Waals surface area contributed by atoms with Crippen molar-refractivity contribution in [2.24, 2.45) is 0 Å². The molecule has 3 nitrogen and oxygen atoms in total. The summed E-state index contributed by atoms with van der Waals surface area (Å²) in [6, 6.07) is 10.3. The van der Waals surface area contributed by atoms with E-state index in [9.17, 15) is 12.8 Å². The first-order chi connectivity index (χ1) is 7.62. The van der Waals surface area contributed by atoms with Crippen LogP contribution in [0.3, 0.4) is 0 Å². The van der Waals surface area contributed by atoms with Gasteiger partial charge in [-0.2, -0.15) is 4.39 Å². The minimum Gasteiger partial charge on any atom is -0.227 e. The van der Waals surface area contributed by atoms with Gasteiger partial charge in [-0.25, -0.2) is 13.4 Å². The van der Waals surface area contributed by atoms with Gasteiger partial charge in [0.1, 0.15) is 4.90 Å². The third-order valence-corrected chi connectivity index (χ3v) is 3.84. The predicted octanol–water partition coefficient (Wildman–Crippen LogP) is 2.05. The maximum absolute atomic E-state index is 13.3. The number of hydrogen-bond donors (Lipinski definition) is 0. The van der Waals surface area contributed by atoms with E-state index in [1.807, 2.05) is 0 Å². The summed E-state index contributed by atoms with van der Waals surface area (Å²) in [7, 11) is -3.81. The minimum absolute atomic E-state index is 0.0573. The second kappa shape index (κ2) is 4.02. The highest BCUT2D eigenvalue weighted by atomic mass is 32.2. The SMILES string of the molecule is O=S(=O)(c1ccccc1)c1cccnc1F. The number of aromatic nitrogens is 1. The number of halogens is 1. The van der Waals surface area contributed by atoms with E-state index >= 15 is 0 Å². The quantitative estimate of drug-likeness (QED) is 0.751. The van der Waals surface area contributed by atoms with E-state index < -0.39 is 20.7 Å². The summed E-state index contributed by atoms with van der Waals surface area (Å²) in [4.78, 5) is 2.98. The summed E-state index contributed by atoms with van der Waals surface area (Å²) >= 11 is 0. The van der Waals surface area contributed by atoms with Gasteiger partial charge in [0, 0.05) is 6.20 Å². The molecule has 82 valence electrons. The second-order valence-electron chi connectivity index (χ2n) is 3.11. The molecule has 0 bridgehead atoms. The first kappa shape index (κ1) is 10.8. The fraction of sp³-hybridized carbons (Fsp3) is 0. The van der Waals surface area contributed by atoms with Gasteiger partial charge in [-0.1, -0.05) is 18.2 Å². The van der Waals surface area contributed by atoms with Crippen molar-refractivity contribution in [1.82, 2.24) is 4.98 Å². The van der Waals surface area contributed by atoms with Crippen LogP contribution in [0, 0.1) is 5.95 Å². The number of benzene rings is 1. The molecular formula is C11H8FNO2S. The first-order valence-electron chi connectivity index (χ1n) is 4.53. The van der Waals surface area contributed by atoms with E-state index in [4.69, 9.17) is 0 Å². The second-order valence-corrected chi connectivity index (χ2v) is 5.03. The van der Waals surface area contributed by atoms with E-state index in [0.29, 0.717) is 0 Å². The van der Waals surface area contributed by atoms with E-state index in [0.717, 1.165) is 0 Å². The van der Waals surface area contributed by atoms with Gasteiger partial charge in [0.05, 0.1) is 4.90 Å². The van der Waals surface area contributed by atoms with E-state index in [-0.39, 0.29) is 4.90 Å². The Hall–Kier alpha value is -1.75. The fourth-order valence-electron chi connectivity index (χ4n) is 1.30. The molecule has 1 aromatic carbocycles. The van der Waals surface area contributed by atoms with Gasteiger partial charge < -0.3 is 0 Å². The standard InChI is InChI=1S/C11H8FNO2S/c12-11-10(7-4-8-13-11)16(14,15)9-5-2-1-3-6-9/h1-8H. The average Bonchev–Trinajstić information content (AvgIpc) is 2.30. The van der Waals surface area contributed by atoms with Crippen molar-refractivity contribution >= 4 is 9.84 Å². The first-order valence-corrected chi connectivity index (χ1v) is 6.01. The molecule has 0 unspecified atom stereocenters. The fourth-order valence-corrected chi connectivity index (χ4v) is 2.60. The molecule has 0 aliphatic rings. The highest BCUT2D eigenvalue weighted by molar-refractivity contribution is 7.91. The van der Waals surface area contributed by atoms with Crippen molar-refractivity contribution in [1.29, 1.82) is 0 Å². The zero-order chi connectivity index (χ0) is 11.6. The Kier molecular flexibility index (Phi) is 2.70. The highest BCUT2D eigenvalue weighted by Crippen LogP contribution is 2.21. The van der Waals surface area contributed by atoms with Crippen LogP contribution in [-0.4, -0.2) is 13.4 Å². The summed E-state index contributed by atoms with van der Waals surface area (Å²) in [5, 5.41) is 0. The Morgan fingerprint density at radius 2 is 1.69 bits per heavy atom. The van der Waals surface area contributed by atoms with Crippen LogP contribution in [0.25, 0.3) is 0 Å².